The van der Waals surface area contributed by atoms with Gasteiger partial charge in [0.2, 0.25) is 5.78 Å². The van der Waals surface area contributed by atoms with E-state index in [-0.39, 0.29) is 54.2 Å². The fourth-order valence-corrected chi connectivity index (χ4v) is 13.3. The standard InChI is InChI=1S/C78H76BNO18/c1-44-34-52(42-92-61(83)39-80-57-36-62(95-45(2)69(57)84)96-59-38-78(90,60(82)40-81)37-56-66(59)73(88)68-67(71(56)86)70(85)55-24-17-25-58(91-7)65(55)72(68)87)74(93-41-46-26-32-54(33-27-46)79-97-76(3,4)77(5,6)98-79)53(35-44)43-94-75(89)51-30-28-50(29-31-51)64(49-22-15-10-16-23-49)63(47-18-11-8-12-19-47)48-20-13-9-14-21-48/h8-35,45,57,59,62,69,80-81,84,86,88,90H,36-43H2,1-7H3/t45-,57-,59-,62-,69+,78-/m0/s1. The molecule has 0 aromatic heterocycles. The largest absolute Gasteiger partial charge is 0.507 e. The van der Waals surface area contributed by atoms with Crippen molar-refractivity contribution in [2.75, 3.05) is 20.3 Å². The SMILES string of the molecule is COc1cccc2c1C(=O)c1c(O)c3c(c(O)c1C2=O)C[C@@](O)(C(=O)CO)C[C@@H]3O[C@H]1C[C@H](NCC(=O)OCc2cc(C)cc(COC(=O)c3ccc(C(=C(c4ccccc4)c4ccccc4)c4ccccc4)cc3)c2OCc2ccc(B3OC(C)(C)C(C)(C)O3)cc2)[C@H](O)[C@H](C)O1. The number of ketones is 3. The van der Waals surface area contributed by atoms with Crippen LogP contribution < -0.4 is 20.3 Å². The first-order chi connectivity index (χ1) is 47.0. The Labute approximate surface area is 567 Å². The Morgan fingerprint density at radius 3 is 1.79 bits per heavy atom. The molecule has 0 bridgehead atoms. The number of aliphatic hydroxyl groups is 3. The molecule has 2 saturated heterocycles. The number of aromatic hydroxyl groups is 2. The molecule has 12 rings (SSSR count). The highest BCUT2D eigenvalue weighted by Gasteiger charge is 2.53. The number of esters is 2. The summed E-state index contributed by atoms with van der Waals surface area (Å²) in [5.41, 5.74) is 4.22. The first kappa shape index (κ1) is 68.3. The smallest absolute Gasteiger partial charge is 0.494 e. The number of phenols is 2. The number of ether oxygens (including phenoxy) is 6. The summed E-state index contributed by atoms with van der Waals surface area (Å²) in [6.07, 6.45) is -6.49. The third-order valence-electron chi connectivity index (χ3n) is 19.1. The molecule has 0 unspecified atom stereocenters. The Bertz CT molecular complexity index is 4330. The van der Waals surface area contributed by atoms with Gasteiger partial charge in [-0.2, -0.15) is 0 Å². The molecule has 8 aromatic rings. The zero-order valence-corrected chi connectivity index (χ0v) is 55.3. The molecule has 2 fully saturated rings. The lowest BCUT2D eigenvalue weighted by atomic mass is 9.72. The van der Waals surface area contributed by atoms with Gasteiger partial charge in [0.25, 0.3) is 0 Å². The Balaban J connectivity index is 0.771. The number of aryl methyl sites for hydroxylation is 1. The van der Waals surface area contributed by atoms with E-state index < -0.39 is 132 Å². The fraction of sp³-hybridized carbons (Fsp3) is 0.295. The van der Waals surface area contributed by atoms with Crippen LogP contribution >= 0.6 is 0 Å². The molecular formula is C78H76BNO18. The molecule has 0 radical (unpaired) electrons. The first-order valence-electron chi connectivity index (χ1n) is 32.5. The number of hydrogen-bond donors (Lipinski definition) is 6. The quantitative estimate of drug-likeness (QED) is 0.0169. The molecule has 6 N–H and O–H groups in total. The zero-order valence-electron chi connectivity index (χ0n) is 55.3. The van der Waals surface area contributed by atoms with Gasteiger partial charge in [-0.05, 0) is 116 Å². The maximum Gasteiger partial charge on any atom is 0.494 e. The molecular weight excluding hydrogens is 1250 g/mol. The number of benzene rings is 8. The summed E-state index contributed by atoms with van der Waals surface area (Å²) in [6.45, 7) is 9.34. The molecule has 0 saturated carbocycles. The van der Waals surface area contributed by atoms with Crippen molar-refractivity contribution in [3.63, 3.8) is 0 Å². The first-order valence-corrected chi connectivity index (χ1v) is 32.5. The molecule has 4 aliphatic rings. The van der Waals surface area contributed by atoms with Crippen LogP contribution in [0.4, 0.5) is 0 Å². The zero-order chi connectivity index (χ0) is 69.4. The Morgan fingerprint density at radius 2 is 1.21 bits per heavy atom. The Morgan fingerprint density at radius 1 is 0.663 bits per heavy atom. The number of aliphatic hydroxyl groups excluding tert-OH is 2. The van der Waals surface area contributed by atoms with Crippen molar-refractivity contribution in [1.29, 1.82) is 0 Å². The summed E-state index contributed by atoms with van der Waals surface area (Å²) in [6, 6.07) is 52.5. The van der Waals surface area contributed by atoms with Crippen molar-refractivity contribution in [1.82, 2.24) is 5.32 Å². The van der Waals surface area contributed by atoms with Crippen molar-refractivity contribution in [3.05, 3.63) is 253 Å². The van der Waals surface area contributed by atoms with Crippen LogP contribution in [0.25, 0.3) is 11.1 Å². The summed E-state index contributed by atoms with van der Waals surface area (Å²) >= 11 is 0. The van der Waals surface area contributed by atoms with Gasteiger partial charge in [0.05, 0.1) is 65.4 Å². The van der Waals surface area contributed by atoms with Crippen molar-refractivity contribution in [2.24, 2.45) is 0 Å². The van der Waals surface area contributed by atoms with Crippen LogP contribution in [0.2, 0.25) is 0 Å². The van der Waals surface area contributed by atoms with Crippen LogP contribution in [0.15, 0.2) is 170 Å². The maximum absolute atomic E-state index is 14.3. The minimum Gasteiger partial charge on any atom is -0.507 e. The molecule has 504 valence electrons. The van der Waals surface area contributed by atoms with E-state index >= 15 is 0 Å². The lowest BCUT2D eigenvalue weighted by molar-refractivity contribution is -0.249. The van der Waals surface area contributed by atoms with Crippen LogP contribution in [0.1, 0.15) is 151 Å². The predicted octanol–water partition coefficient (Wildman–Crippen LogP) is 9.93. The average Bonchev–Trinajstić information content (AvgIpc) is 0.762. The van der Waals surface area contributed by atoms with E-state index in [1.807, 2.05) is 132 Å². The number of Topliss-reactive ketones (excluding diaryl/α,β-unsaturated/α-hetero) is 1. The summed E-state index contributed by atoms with van der Waals surface area (Å²) in [5.74, 6) is -5.22. The van der Waals surface area contributed by atoms with E-state index in [9.17, 15) is 49.5 Å². The van der Waals surface area contributed by atoms with Crippen molar-refractivity contribution in [3.8, 4) is 23.0 Å². The average molecular weight is 1330 g/mol. The van der Waals surface area contributed by atoms with Crippen molar-refractivity contribution in [2.45, 2.75) is 128 Å². The molecule has 98 heavy (non-hydrogen) atoms. The molecule has 2 aliphatic heterocycles. The van der Waals surface area contributed by atoms with Crippen LogP contribution in [0.5, 0.6) is 23.0 Å². The number of carbonyl (C=O) groups is 5. The summed E-state index contributed by atoms with van der Waals surface area (Å²) in [7, 11) is 0.721. The number of fused-ring (bicyclic) bond motifs is 3. The summed E-state index contributed by atoms with van der Waals surface area (Å²) in [5, 5.41) is 60.3. The van der Waals surface area contributed by atoms with Gasteiger partial charge in [-0.1, -0.05) is 145 Å². The minimum atomic E-state index is -2.40. The third kappa shape index (κ3) is 13.6. The number of phenolic OH excluding ortho intramolecular Hbond substituents is 2. The van der Waals surface area contributed by atoms with Gasteiger partial charge < -0.3 is 68.6 Å². The number of methoxy groups -OCH3 is 1. The molecule has 6 atom stereocenters. The van der Waals surface area contributed by atoms with Gasteiger partial charge in [-0.25, -0.2) is 4.79 Å². The molecule has 20 heteroatoms. The highest BCUT2D eigenvalue weighted by Crippen LogP contribution is 2.53. The van der Waals surface area contributed by atoms with Crippen LogP contribution in [-0.2, 0) is 64.1 Å². The molecule has 0 spiro atoms. The molecule has 2 aliphatic carbocycles. The summed E-state index contributed by atoms with van der Waals surface area (Å²) in [4.78, 5) is 69.7. The van der Waals surface area contributed by atoms with Gasteiger partial charge in [-0.3, -0.25) is 19.2 Å². The van der Waals surface area contributed by atoms with Crippen LogP contribution in [-0.4, -0.2) is 124 Å². The van der Waals surface area contributed by atoms with Gasteiger partial charge >= 0.3 is 19.1 Å². The number of hydrogen-bond acceptors (Lipinski definition) is 19. The van der Waals surface area contributed by atoms with E-state index in [4.69, 9.17) is 37.7 Å². The molecule has 2 heterocycles. The normalized spacial score (nSPS) is 20.5. The Kier molecular flexibility index (Phi) is 19.6. The topological polar surface area (TPSA) is 272 Å². The van der Waals surface area contributed by atoms with E-state index in [1.165, 1.54) is 25.3 Å². The highest BCUT2D eigenvalue weighted by atomic mass is 16.7. The predicted molar refractivity (Wildman–Crippen MR) is 363 cm³/mol. The van der Waals surface area contributed by atoms with Crippen molar-refractivity contribution < 1.29 is 87.2 Å². The maximum atomic E-state index is 14.3. The van der Waals surface area contributed by atoms with E-state index in [1.54, 1.807) is 25.1 Å². The van der Waals surface area contributed by atoms with Crippen molar-refractivity contribution >= 4 is 53.0 Å². The van der Waals surface area contributed by atoms with E-state index in [0.717, 1.165) is 50.0 Å². The third-order valence-corrected chi connectivity index (χ3v) is 19.1. The monoisotopic (exact) mass is 1330 g/mol. The van der Waals surface area contributed by atoms with Gasteiger partial charge in [0, 0.05) is 53.1 Å². The van der Waals surface area contributed by atoms with Crippen LogP contribution in [0, 0.1) is 6.92 Å². The molecule has 0 amide bonds. The van der Waals surface area contributed by atoms with Crippen LogP contribution in [0.3, 0.4) is 0 Å². The molecule has 19 nitrogen and oxygen atoms in total. The number of rotatable bonds is 21. The second kappa shape index (κ2) is 28.1. The van der Waals surface area contributed by atoms with Gasteiger partial charge in [-0.15, -0.1) is 0 Å². The number of carbonyl (C=O) groups excluding carboxylic acids is 5. The van der Waals surface area contributed by atoms with Gasteiger partial charge in [0.1, 0.15) is 55.0 Å². The Hall–Kier alpha value is -9.61. The lowest BCUT2D eigenvalue weighted by Crippen LogP contribution is -2.55. The second-order valence-electron chi connectivity index (χ2n) is 26.2. The summed E-state index contributed by atoms with van der Waals surface area (Å²) < 4.78 is 49.2. The molecule has 8 aromatic carbocycles. The van der Waals surface area contributed by atoms with E-state index in [0.29, 0.717) is 22.4 Å². The fourth-order valence-electron chi connectivity index (χ4n) is 13.3. The lowest BCUT2D eigenvalue weighted by Gasteiger charge is -2.43. The minimum absolute atomic E-state index is 0.0414. The number of nitrogens with one attached hydrogen (secondary N) is 1. The second-order valence-corrected chi connectivity index (χ2v) is 26.2. The highest BCUT2D eigenvalue weighted by molar-refractivity contribution is 6.62. The van der Waals surface area contributed by atoms with Gasteiger partial charge in [0.15, 0.2) is 17.9 Å². The van der Waals surface area contributed by atoms with E-state index in [2.05, 4.69) is 41.7 Å².